The van der Waals surface area contributed by atoms with Crippen LogP contribution in [-0.2, 0) is 16.1 Å². The van der Waals surface area contributed by atoms with Crippen molar-refractivity contribution in [1.29, 1.82) is 0 Å². The van der Waals surface area contributed by atoms with Gasteiger partial charge in [-0.3, -0.25) is 14.5 Å². The van der Waals surface area contributed by atoms with Gasteiger partial charge in [0.1, 0.15) is 12.2 Å². The molecule has 1 unspecified atom stereocenters. The minimum Gasteiger partial charge on any atom is -0.352 e. The number of likely N-dealkylation sites (tertiary alicyclic amines) is 2. The highest BCUT2D eigenvalue weighted by Crippen LogP contribution is 2.39. The van der Waals surface area contributed by atoms with Gasteiger partial charge in [-0.2, -0.15) is 0 Å². The molecule has 0 saturated carbocycles. The van der Waals surface area contributed by atoms with Gasteiger partial charge in [-0.25, -0.2) is 4.98 Å². The van der Waals surface area contributed by atoms with Crippen LogP contribution in [0.4, 0.5) is 0 Å². The average molecular weight is 412 g/mol. The molecule has 0 bridgehead atoms. The molecule has 2 saturated heterocycles. The van der Waals surface area contributed by atoms with Crippen LogP contribution in [0.15, 0.2) is 24.4 Å². The highest BCUT2D eigenvalue weighted by molar-refractivity contribution is 5.87. The lowest BCUT2D eigenvalue weighted by atomic mass is 9.87. The smallest absolute Gasteiger partial charge is 0.239 e. The standard InChI is InChI=1S/C23H33N5O2/c1-17(2)24-21(29)16-28-22(30)8-10-23(28)9-6-12-26(14-11-23)15-19-18(3)27-13-5-4-7-20(27)25-19/h4-5,7,13,17H,6,8-12,14-16H2,1-3H3,(H,24,29). The zero-order valence-corrected chi connectivity index (χ0v) is 18.4. The maximum Gasteiger partial charge on any atom is 0.239 e. The van der Waals surface area contributed by atoms with Gasteiger partial charge in [0.2, 0.25) is 11.8 Å². The molecule has 162 valence electrons. The summed E-state index contributed by atoms with van der Waals surface area (Å²) in [5.74, 6) is 0.0691. The Labute approximate surface area is 178 Å². The number of amides is 2. The number of imidazole rings is 1. The summed E-state index contributed by atoms with van der Waals surface area (Å²) in [6.07, 6.45) is 6.39. The van der Waals surface area contributed by atoms with Gasteiger partial charge in [0.15, 0.2) is 0 Å². The second kappa shape index (κ2) is 8.38. The number of hydrogen-bond acceptors (Lipinski definition) is 4. The number of aryl methyl sites for hydroxylation is 1. The molecule has 2 aliphatic heterocycles. The van der Waals surface area contributed by atoms with E-state index in [1.165, 1.54) is 5.69 Å². The van der Waals surface area contributed by atoms with Crippen molar-refractivity contribution in [1.82, 2.24) is 24.5 Å². The summed E-state index contributed by atoms with van der Waals surface area (Å²) in [4.78, 5) is 34.1. The Morgan fingerprint density at radius 3 is 2.83 bits per heavy atom. The number of hydrogen-bond donors (Lipinski definition) is 1. The molecule has 0 radical (unpaired) electrons. The molecule has 2 amide bonds. The van der Waals surface area contributed by atoms with Gasteiger partial charge in [0, 0.05) is 43.0 Å². The molecular weight excluding hydrogens is 378 g/mol. The van der Waals surface area contributed by atoms with Crippen LogP contribution < -0.4 is 5.32 Å². The summed E-state index contributed by atoms with van der Waals surface area (Å²) in [5, 5.41) is 2.93. The molecule has 2 aliphatic rings. The lowest BCUT2D eigenvalue weighted by Gasteiger charge is -2.38. The van der Waals surface area contributed by atoms with Crippen LogP contribution in [-0.4, -0.2) is 62.2 Å². The van der Waals surface area contributed by atoms with Crippen molar-refractivity contribution in [2.75, 3.05) is 19.6 Å². The van der Waals surface area contributed by atoms with Crippen LogP contribution in [0, 0.1) is 6.92 Å². The Hall–Kier alpha value is -2.41. The van der Waals surface area contributed by atoms with E-state index < -0.39 is 0 Å². The van der Waals surface area contributed by atoms with E-state index in [1.807, 2.05) is 36.9 Å². The zero-order chi connectivity index (χ0) is 21.3. The van der Waals surface area contributed by atoms with E-state index in [9.17, 15) is 9.59 Å². The van der Waals surface area contributed by atoms with Gasteiger partial charge in [-0.05, 0) is 65.1 Å². The summed E-state index contributed by atoms with van der Waals surface area (Å²) >= 11 is 0. The maximum absolute atomic E-state index is 12.6. The van der Waals surface area contributed by atoms with Gasteiger partial charge in [-0.15, -0.1) is 0 Å². The first-order chi connectivity index (χ1) is 14.4. The normalized spacial score (nSPS) is 22.9. The third-order valence-corrected chi connectivity index (χ3v) is 6.68. The van der Waals surface area contributed by atoms with Crippen molar-refractivity contribution in [3.63, 3.8) is 0 Å². The molecule has 1 atom stereocenters. The third kappa shape index (κ3) is 4.08. The van der Waals surface area contributed by atoms with Gasteiger partial charge in [-0.1, -0.05) is 6.07 Å². The van der Waals surface area contributed by atoms with E-state index in [0.29, 0.717) is 6.42 Å². The van der Waals surface area contributed by atoms with E-state index in [0.717, 1.165) is 56.7 Å². The Morgan fingerprint density at radius 1 is 1.23 bits per heavy atom. The number of nitrogens with zero attached hydrogens (tertiary/aromatic N) is 4. The van der Waals surface area contributed by atoms with Crippen molar-refractivity contribution in [2.45, 2.75) is 71.0 Å². The fraction of sp³-hybridized carbons (Fsp3) is 0.609. The van der Waals surface area contributed by atoms with Crippen LogP contribution in [0.5, 0.6) is 0 Å². The predicted molar refractivity (Wildman–Crippen MR) is 116 cm³/mol. The Bertz CT molecular complexity index is 937. The summed E-state index contributed by atoms with van der Waals surface area (Å²) < 4.78 is 2.14. The van der Waals surface area contributed by atoms with Gasteiger partial charge < -0.3 is 14.6 Å². The van der Waals surface area contributed by atoms with Gasteiger partial charge in [0.25, 0.3) is 0 Å². The van der Waals surface area contributed by atoms with E-state index in [1.54, 1.807) is 0 Å². The highest BCUT2D eigenvalue weighted by Gasteiger charge is 2.46. The molecule has 2 aromatic heterocycles. The molecule has 0 aromatic carbocycles. The summed E-state index contributed by atoms with van der Waals surface area (Å²) in [6, 6.07) is 6.17. The fourth-order valence-corrected chi connectivity index (χ4v) is 5.08. The van der Waals surface area contributed by atoms with Crippen LogP contribution in [0.25, 0.3) is 5.65 Å². The number of nitrogens with one attached hydrogen (secondary N) is 1. The van der Waals surface area contributed by atoms with E-state index >= 15 is 0 Å². The number of rotatable bonds is 5. The van der Waals surface area contributed by atoms with Crippen LogP contribution in [0.3, 0.4) is 0 Å². The zero-order valence-electron chi connectivity index (χ0n) is 18.4. The first kappa shape index (κ1) is 20.8. The Kier molecular flexibility index (Phi) is 5.82. The largest absolute Gasteiger partial charge is 0.352 e. The predicted octanol–water partition coefficient (Wildman–Crippen LogP) is 2.51. The summed E-state index contributed by atoms with van der Waals surface area (Å²) in [5.41, 5.74) is 3.12. The lowest BCUT2D eigenvalue weighted by molar-refractivity contribution is -0.137. The fourth-order valence-electron chi connectivity index (χ4n) is 5.08. The van der Waals surface area contributed by atoms with Crippen LogP contribution in [0.1, 0.15) is 57.3 Å². The monoisotopic (exact) mass is 411 g/mol. The first-order valence-corrected chi connectivity index (χ1v) is 11.1. The molecular formula is C23H33N5O2. The van der Waals surface area contributed by atoms with Crippen LogP contribution >= 0.6 is 0 Å². The maximum atomic E-state index is 12.6. The van der Waals surface area contributed by atoms with Gasteiger partial charge >= 0.3 is 0 Å². The molecule has 7 heteroatoms. The van der Waals surface area contributed by atoms with Crippen molar-refractivity contribution in [2.24, 2.45) is 0 Å². The molecule has 2 aromatic rings. The first-order valence-electron chi connectivity index (χ1n) is 11.1. The molecule has 2 fully saturated rings. The van der Waals surface area contributed by atoms with Gasteiger partial charge in [0.05, 0.1) is 5.69 Å². The van der Waals surface area contributed by atoms with E-state index in [2.05, 4.69) is 27.7 Å². The molecule has 7 nitrogen and oxygen atoms in total. The molecule has 4 rings (SSSR count). The number of aromatic nitrogens is 2. The molecule has 1 spiro atoms. The van der Waals surface area contributed by atoms with Crippen molar-refractivity contribution in [3.8, 4) is 0 Å². The molecule has 30 heavy (non-hydrogen) atoms. The van der Waals surface area contributed by atoms with E-state index in [4.69, 9.17) is 4.98 Å². The average Bonchev–Trinajstić information content (AvgIpc) is 3.08. The van der Waals surface area contributed by atoms with E-state index in [-0.39, 0.29) is 29.9 Å². The third-order valence-electron chi connectivity index (χ3n) is 6.68. The molecule has 1 N–H and O–H groups in total. The Morgan fingerprint density at radius 2 is 2.07 bits per heavy atom. The second-order valence-electron chi connectivity index (χ2n) is 9.13. The van der Waals surface area contributed by atoms with Crippen LogP contribution in [0.2, 0.25) is 0 Å². The molecule has 4 heterocycles. The van der Waals surface area contributed by atoms with Crippen molar-refractivity contribution >= 4 is 17.5 Å². The minimum absolute atomic E-state index is 0.0546. The summed E-state index contributed by atoms with van der Waals surface area (Å²) in [7, 11) is 0. The Balaban J connectivity index is 1.45. The summed E-state index contributed by atoms with van der Waals surface area (Å²) in [6.45, 7) is 8.94. The van der Waals surface area contributed by atoms with Crippen molar-refractivity contribution in [3.05, 3.63) is 35.8 Å². The molecule has 0 aliphatic carbocycles. The number of fused-ring (bicyclic) bond motifs is 1. The number of carbonyl (C=O) groups excluding carboxylic acids is 2. The number of carbonyl (C=O) groups is 2. The lowest BCUT2D eigenvalue weighted by Crippen LogP contribution is -2.51. The minimum atomic E-state index is -0.173. The quantitative estimate of drug-likeness (QED) is 0.821. The SMILES string of the molecule is Cc1c(CN2CCCC3(CCC(=O)N3CC(=O)NC(C)C)CC2)nc2ccccn12. The highest BCUT2D eigenvalue weighted by atomic mass is 16.2. The second-order valence-corrected chi connectivity index (χ2v) is 9.13. The topological polar surface area (TPSA) is 70.0 Å². The van der Waals surface area contributed by atoms with Crippen molar-refractivity contribution < 1.29 is 9.59 Å². The number of pyridine rings is 1.